The minimum absolute atomic E-state index is 0.756. The lowest BCUT2D eigenvalue weighted by molar-refractivity contribution is 0.161. The summed E-state index contributed by atoms with van der Waals surface area (Å²) >= 11 is 5.94. The van der Waals surface area contributed by atoms with E-state index in [1.807, 2.05) is 12.1 Å². The maximum Gasteiger partial charge on any atom is 0.0406 e. The van der Waals surface area contributed by atoms with Crippen LogP contribution in [0, 0.1) is 0 Å². The smallest absolute Gasteiger partial charge is 0.0406 e. The molecule has 0 aromatic heterocycles. The van der Waals surface area contributed by atoms with Crippen LogP contribution in [0.2, 0.25) is 5.02 Å². The van der Waals surface area contributed by atoms with Crippen LogP contribution in [-0.2, 0) is 0 Å². The number of hydrogen-bond donors (Lipinski definition) is 0. The fraction of sp³-hybridized carbons (Fsp3) is 0.571. The minimum atomic E-state index is 0.756. The monoisotopic (exact) mass is 235 g/mol. The zero-order valence-electron chi connectivity index (χ0n) is 9.70. The van der Waals surface area contributed by atoms with E-state index in [0.717, 1.165) is 23.0 Å². The summed E-state index contributed by atoms with van der Waals surface area (Å²) in [5.41, 5.74) is 1.48. The summed E-state index contributed by atoms with van der Waals surface area (Å²) in [6, 6.07) is 10.1. The van der Waals surface area contributed by atoms with Crippen molar-refractivity contribution in [2.45, 2.75) is 43.7 Å². The van der Waals surface area contributed by atoms with Gasteiger partial charge in [-0.05, 0) is 56.3 Å². The van der Waals surface area contributed by atoms with Gasteiger partial charge in [-0.15, -0.1) is 0 Å². The molecular weight excluding hydrogens is 218 g/mol. The molecule has 0 amide bonds. The molecule has 0 spiro atoms. The molecule has 2 saturated heterocycles. The Bertz CT molecular complexity index is 359. The summed E-state index contributed by atoms with van der Waals surface area (Å²) in [5.74, 6) is 0.756. The summed E-state index contributed by atoms with van der Waals surface area (Å²) in [4.78, 5) is 2.59. The first-order valence-electron chi connectivity index (χ1n) is 6.21. The fourth-order valence-corrected chi connectivity index (χ4v) is 3.54. The summed E-state index contributed by atoms with van der Waals surface area (Å²) in [6.07, 6.45) is 5.44. The van der Waals surface area contributed by atoms with Crippen LogP contribution in [0.25, 0.3) is 0 Å². The number of hydrogen-bond acceptors (Lipinski definition) is 1. The van der Waals surface area contributed by atoms with Crippen molar-refractivity contribution in [1.82, 2.24) is 4.90 Å². The van der Waals surface area contributed by atoms with Crippen molar-refractivity contribution in [2.24, 2.45) is 0 Å². The van der Waals surface area contributed by atoms with Crippen LogP contribution in [0.5, 0.6) is 0 Å². The lowest BCUT2D eigenvalue weighted by Gasteiger charge is -2.36. The van der Waals surface area contributed by atoms with Crippen molar-refractivity contribution >= 4 is 11.6 Å². The van der Waals surface area contributed by atoms with Crippen molar-refractivity contribution in [3.05, 3.63) is 34.9 Å². The standard InChI is InChI=1S/C14H18ClN/c1-16-13-6-7-14(16)9-11(8-13)10-2-4-12(15)5-3-10/h2-5,11,13-14H,6-9H2,1H3/t11?,13-,14+. The predicted octanol–water partition coefficient (Wildman–Crippen LogP) is 3.68. The zero-order chi connectivity index (χ0) is 11.1. The number of fused-ring (bicyclic) bond motifs is 2. The second kappa shape index (κ2) is 4.05. The van der Waals surface area contributed by atoms with Gasteiger partial charge in [-0.25, -0.2) is 0 Å². The Kier molecular flexibility index (Phi) is 2.68. The molecule has 0 saturated carbocycles. The minimum Gasteiger partial charge on any atom is -0.300 e. The Balaban J connectivity index is 1.80. The summed E-state index contributed by atoms with van der Waals surface area (Å²) in [5, 5.41) is 0.847. The van der Waals surface area contributed by atoms with E-state index in [2.05, 4.69) is 24.1 Å². The molecule has 2 aliphatic rings. The molecule has 2 fully saturated rings. The molecule has 2 heteroatoms. The van der Waals surface area contributed by atoms with Crippen molar-refractivity contribution in [3.63, 3.8) is 0 Å². The Morgan fingerprint density at radius 3 is 2.19 bits per heavy atom. The summed E-state index contributed by atoms with van der Waals surface area (Å²) in [7, 11) is 2.29. The van der Waals surface area contributed by atoms with E-state index in [1.54, 1.807) is 0 Å². The van der Waals surface area contributed by atoms with Crippen molar-refractivity contribution in [3.8, 4) is 0 Å². The Morgan fingerprint density at radius 1 is 1.06 bits per heavy atom. The molecule has 0 radical (unpaired) electrons. The van der Waals surface area contributed by atoms with Crippen LogP contribution in [0.4, 0.5) is 0 Å². The molecule has 2 bridgehead atoms. The molecular formula is C14H18ClN. The van der Waals surface area contributed by atoms with Gasteiger partial charge >= 0.3 is 0 Å². The van der Waals surface area contributed by atoms with Crippen LogP contribution in [0.1, 0.15) is 37.2 Å². The lowest BCUT2D eigenvalue weighted by atomic mass is 9.85. The molecule has 1 aromatic carbocycles. The van der Waals surface area contributed by atoms with Gasteiger partial charge in [0, 0.05) is 17.1 Å². The van der Waals surface area contributed by atoms with E-state index < -0.39 is 0 Å². The third kappa shape index (κ3) is 1.76. The first kappa shape index (κ1) is 10.6. The van der Waals surface area contributed by atoms with Gasteiger partial charge in [-0.3, -0.25) is 0 Å². The highest BCUT2D eigenvalue weighted by Gasteiger charge is 2.38. The molecule has 1 unspecified atom stereocenters. The highest BCUT2D eigenvalue weighted by molar-refractivity contribution is 6.30. The SMILES string of the molecule is CN1[C@@H]2CC[C@H]1CC(c1ccc(Cl)cc1)C2. The Labute approximate surface area is 102 Å². The Hall–Kier alpha value is -0.530. The summed E-state index contributed by atoms with van der Waals surface area (Å²) < 4.78 is 0. The third-order valence-corrected chi connectivity index (χ3v) is 4.69. The van der Waals surface area contributed by atoms with E-state index in [0.29, 0.717) is 0 Å². The van der Waals surface area contributed by atoms with E-state index >= 15 is 0 Å². The summed E-state index contributed by atoms with van der Waals surface area (Å²) in [6.45, 7) is 0. The molecule has 86 valence electrons. The maximum atomic E-state index is 5.94. The Morgan fingerprint density at radius 2 is 1.62 bits per heavy atom. The molecule has 16 heavy (non-hydrogen) atoms. The van der Waals surface area contributed by atoms with E-state index in [4.69, 9.17) is 11.6 Å². The van der Waals surface area contributed by atoms with E-state index in [1.165, 1.54) is 31.2 Å². The van der Waals surface area contributed by atoms with Crippen LogP contribution in [0.3, 0.4) is 0 Å². The molecule has 1 aromatic rings. The van der Waals surface area contributed by atoms with Gasteiger partial charge < -0.3 is 4.90 Å². The molecule has 1 nitrogen and oxygen atoms in total. The molecule has 0 N–H and O–H groups in total. The largest absolute Gasteiger partial charge is 0.300 e. The zero-order valence-corrected chi connectivity index (χ0v) is 10.5. The number of halogens is 1. The number of nitrogens with zero attached hydrogens (tertiary/aromatic N) is 1. The number of piperidine rings is 1. The average Bonchev–Trinajstić information content (AvgIpc) is 2.54. The van der Waals surface area contributed by atoms with Crippen LogP contribution >= 0.6 is 11.6 Å². The second-order valence-corrected chi connectivity index (χ2v) is 5.71. The fourth-order valence-electron chi connectivity index (χ4n) is 3.42. The molecule has 0 aliphatic carbocycles. The average molecular weight is 236 g/mol. The van der Waals surface area contributed by atoms with Gasteiger partial charge in [0.15, 0.2) is 0 Å². The third-order valence-electron chi connectivity index (χ3n) is 4.44. The van der Waals surface area contributed by atoms with E-state index in [9.17, 15) is 0 Å². The van der Waals surface area contributed by atoms with Gasteiger partial charge in [0.25, 0.3) is 0 Å². The molecule has 2 aliphatic heterocycles. The topological polar surface area (TPSA) is 3.24 Å². The van der Waals surface area contributed by atoms with Gasteiger partial charge in [-0.1, -0.05) is 23.7 Å². The van der Waals surface area contributed by atoms with Gasteiger partial charge in [-0.2, -0.15) is 0 Å². The first-order valence-corrected chi connectivity index (χ1v) is 6.59. The van der Waals surface area contributed by atoms with Crippen LogP contribution < -0.4 is 0 Å². The molecule has 3 rings (SSSR count). The number of rotatable bonds is 1. The molecule has 3 atom stereocenters. The normalized spacial score (nSPS) is 34.2. The van der Waals surface area contributed by atoms with Crippen molar-refractivity contribution in [1.29, 1.82) is 0 Å². The second-order valence-electron chi connectivity index (χ2n) is 5.27. The first-order chi connectivity index (χ1) is 7.74. The highest BCUT2D eigenvalue weighted by Crippen LogP contribution is 2.42. The highest BCUT2D eigenvalue weighted by atomic mass is 35.5. The lowest BCUT2D eigenvalue weighted by Crippen LogP contribution is -2.39. The van der Waals surface area contributed by atoms with Crippen LogP contribution in [-0.4, -0.2) is 24.0 Å². The quantitative estimate of drug-likeness (QED) is 0.718. The van der Waals surface area contributed by atoms with Crippen LogP contribution in [0.15, 0.2) is 24.3 Å². The van der Waals surface area contributed by atoms with Gasteiger partial charge in [0.1, 0.15) is 0 Å². The molecule has 2 heterocycles. The number of benzene rings is 1. The maximum absolute atomic E-state index is 5.94. The van der Waals surface area contributed by atoms with Crippen molar-refractivity contribution in [2.75, 3.05) is 7.05 Å². The van der Waals surface area contributed by atoms with Gasteiger partial charge in [0.05, 0.1) is 0 Å². The van der Waals surface area contributed by atoms with Gasteiger partial charge in [0.2, 0.25) is 0 Å². The predicted molar refractivity (Wildman–Crippen MR) is 68.0 cm³/mol. The van der Waals surface area contributed by atoms with E-state index in [-0.39, 0.29) is 0 Å². The van der Waals surface area contributed by atoms with Crippen molar-refractivity contribution < 1.29 is 0 Å².